The van der Waals surface area contributed by atoms with Crippen molar-refractivity contribution in [1.29, 1.82) is 0 Å². The molecule has 1 aromatic carbocycles. The molecule has 1 aliphatic rings. The minimum Gasteiger partial charge on any atom is -0.393 e. The van der Waals surface area contributed by atoms with Crippen molar-refractivity contribution in [2.75, 3.05) is 19.6 Å². The van der Waals surface area contributed by atoms with Crippen LogP contribution in [-0.4, -0.2) is 45.8 Å². The van der Waals surface area contributed by atoms with Gasteiger partial charge in [-0.05, 0) is 37.8 Å². The number of non-ortho nitro benzene ring substituents is 1. The van der Waals surface area contributed by atoms with Gasteiger partial charge in [0, 0.05) is 25.2 Å². The van der Waals surface area contributed by atoms with E-state index in [9.17, 15) is 20.3 Å². The topological polar surface area (TPSA) is 86.8 Å². The molecule has 6 heteroatoms. The van der Waals surface area contributed by atoms with E-state index in [2.05, 4.69) is 4.90 Å². The average molecular weight is 294 g/mol. The molecule has 2 rings (SSSR count). The van der Waals surface area contributed by atoms with Gasteiger partial charge in [0.25, 0.3) is 5.69 Å². The van der Waals surface area contributed by atoms with Gasteiger partial charge in [0.05, 0.1) is 17.1 Å². The van der Waals surface area contributed by atoms with Crippen molar-refractivity contribution >= 4 is 5.69 Å². The average Bonchev–Trinajstić information content (AvgIpc) is 2.47. The van der Waals surface area contributed by atoms with Crippen molar-refractivity contribution < 1.29 is 15.1 Å². The maximum absolute atomic E-state index is 10.8. The number of piperidine rings is 1. The summed E-state index contributed by atoms with van der Waals surface area (Å²) in [7, 11) is 0. The lowest BCUT2D eigenvalue weighted by Crippen LogP contribution is -2.41. The van der Waals surface area contributed by atoms with Crippen LogP contribution in [0.5, 0.6) is 0 Å². The first-order valence-corrected chi connectivity index (χ1v) is 7.30. The van der Waals surface area contributed by atoms with Gasteiger partial charge in [-0.15, -0.1) is 0 Å². The van der Waals surface area contributed by atoms with Crippen molar-refractivity contribution in [2.45, 2.75) is 32.0 Å². The molecular weight excluding hydrogens is 272 g/mol. The molecule has 0 aromatic heterocycles. The largest absolute Gasteiger partial charge is 0.393 e. The summed E-state index contributed by atoms with van der Waals surface area (Å²) < 4.78 is 0. The van der Waals surface area contributed by atoms with E-state index in [1.54, 1.807) is 19.1 Å². The summed E-state index contributed by atoms with van der Waals surface area (Å²) in [6, 6.07) is 6.13. The van der Waals surface area contributed by atoms with Crippen LogP contribution in [0.25, 0.3) is 0 Å². The smallest absolute Gasteiger partial charge is 0.269 e. The molecule has 1 heterocycles. The molecule has 0 radical (unpaired) electrons. The van der Waals surface area contributed by atoms with E-state index in [0.717, 1.165) is 25.9 Å². The molecule has 0 saturated carbocycles. The molecule has 1 saturated heterocycles. The van der Waals surface area contributed by atoms with Gasteiger partial charge in [-0.3, -0.25) is 10.1 Å². The van der Waals surface area contributed by atoms with E-state index >= 15 is 0 Å². The van der Waals surface area contributed by atoms with Gasteiger partial charge >= 0.3 is 0 Å². The van der Waals surface area contributed by atoms with Crippen molar-refractivity contribution in [1.82, 2.24) is 4.90 Å². The van der Waals surface area contributed by atoms with Crippen LogP contribution in [0.3, 0.4) is 0 Å². The Kier molecular flexibility index (Phi) is 5.27. The van der Waals surface area contributed by atoms with Crippen molar-refractivity contribution in [3.63, 3.8) is 0 Å². The summed E-state index contributed by atoms with van der Waals surface area (Å²) in [6.45, 7) is 3.87. The first-order valence-electron chi connectivity index (χ1n) is 7.30. The van der Waals surface area contributed by atoms with E-state index in [0.29, 0.717) is 12.1 Å². The zero-order valence-corrected chi connectivity index (χ0v) is 12.2. The molecule has 3 unspecified atom stereocenters. The Balaban J connectivity index is 1.99. The Labute approximate surface area is 124 Å². The lowest BCUT2D eigenvalue weighted by molar-refractivity contribution is -0.385. The number of benzene rings is 1. The van der Waals surface area contributed by atoms with E-state index in [-0.39, 0.29) is 17.7 Å². The second kappa shape index (κ2) is 6.98. The Morgan fingerprint density at radius 3 is 2.90 bits per heavy atom. The third kappa shape index (κ3) is 4.23. The van der Waals surface area contributed by atoms with Crippen molar-refractivity contribution in [2.24, 2.45) is 5.92 Å². The number of aliphatic hydroxyl groups excluding tert-OH is 2. The summed E-state index contributed by atoms with van der Waals surface area (Å²) in [6.07, 6.45) is 0.901. The first kappa shape index (κ1) is 15.9. The summed E-state index contributed by atoms with van der Waals surface area (Å²) in [5.74, 6) is 0.232. The Morgan fingerprint density at radius 2 is 2.24 bits per heavy atom. The second-order valence-corrected chi connectivity index (χ2v) is 5.77. The van der Waals surface area contributed by atoms with Gasteiger partial charge in [0.2, 0.25) is 0 Å². The highest BCUT2D eigenvalue weighted by atomic mass is 16.6. The number of nitro groups is 1. The molecule has 116 valence electrons. The lowest BCUT2D eigenvalue weighted by atomic mass is 9.93. The quantitative estimate of drug-likeness (QED) is 0.638. The lowest BCUT2D eigenvalue weighted by Gasteiger charge is -2.35. The predicted molar refractivity (Wildman–Crippen MR) is 78.9 cm³/mol. The molecule has 1 fully saturated rings. The molecule has 6 nitrogen and oxygen atoms in total. The summed E-state index contributed by atoms with van der Waals surface area (Å²) >= 11 is 0. The number of nitro benzene ring substituents is 1. The number of likely N-dealkylation sites (tertiary alicyclic amines) is 1. The Bertz CT molecular complexity index is 492. The monoisotopic (exact) mass is 294 g/mol. The summed E-state index contributed by atoms with van der Waals surface area (Å²) in [4.78, 5) is 12.4. The normalized spacial score (nSPS) is 22.7. The minimum atomic E-state index is -0.752. The second-order valence-electron chi connectivity index (χ2n) is 5.77. The standard InChI is InChI=1S/C15H22N2O4/c1-11(18)13-5-3-7-16(9-13)10-15(19)12-4-2-6-14(8-12)17(20)21/h2,4,6,8,11,13,15,18-19H,3,5,7,9-10H2,1H3. The number of aliphatic hydroxyl groups is 2. The van der Waals surface area contributed by atoms with Gasteiger partial charge in [-0.25, -0.2) is 0 Å². The highest BCUT2D eigenvalue weighted by molar-refractivity contribution is 5.35. The van der Waals surface area contributed by atoms with E-state index in [1.165, 1.54) is 12.1 Å². The van der Waals surface area contributed by atoms with Crippen molar-refractivity contribution in [3.8, 4) is 0 Å². The van der Waals surface area contributed by atoms with Crippen LogP contribution in [0.15, 0.2) is 24.3 Å². The van der Waals surface area contributed by atoms with Crippen LogP contribution in [0.2, 0.25) is 0 Å². The van der Waals surface area contributed by atoms with Crippen molar-refractivity contribution in [3.05, 3.63) is 39.9 Å². The van der Waals surface area contributed by atoms with Gasteiger partial charge in [0.1, 0.15) is 0 Å². The third-order valence-corrected chi connectivity index (χ3v) is 4.12. The summed E-state index contributed by atoms with van der Waals surface area (Å²) in [5.41, 5.74) is 0.551. The fraction of sp³-hybridized carbons (Fsp3) is 0.600. The zero-order valence-electron chi connectivity index (χ0n) is 12.2. The van der Waals surface area contributed by atoms with Gasteiger partial charge in [-0.1, -0.05) is 12.1 Å². The highest BCUT2D eigenvalue weighted by Gasteiger charge is 2.25. The molecule has 0 spiro atoms. The number of nitrogens with zero attached hydrogens (tertiary/aromatic N) is 2. The molecule has 0 bridgehead atoms. The number of hydrogen-bond acceptors (Lipinski definition) is 5. The predicted octanol–water partition coefficient (Wildman–Crippen LogP) is 1.72. The maximum Gasteiger partial charge on any atom is 0.269 e. The number of β-amino-alcohol motifs (C(OH)–C–C–N with tert-alkyl or cyclic N) is 1. The molecule has 1 aromatic rings. The van der Waals surface area contributed by atoms with Gasteiger partial charge in [-0.2, -0.15) is 0 Å². The highest BCUT2D eigenvalue weighted by Crippen LogP contribution is 2.24. The Hall–Kier alpha value is -1.50. The fourth-order valence-corrected chi connectivity index (χ4v) is 2.85. The number of hydrogen-bond donors (Lipinski definition) is 2. The number of rotatable bonds is 5. The maximum atomic E-state index is 10.8. The zero-order chi connectivity index (χ0) is 15.4. The SMILES string of the molecule is CC(O)C1CCCN(CC(O)c2cccc([N+](=O)[O-])c2)C1. The van der Waals surface area contributed by atoms with Gasteiger partial charge < -0.3 is 15.1 Å². The van der Waals surface area contributed by atoms with E-state index < -0.39 is 11.0 Å². The van der Waals surface area contributed by atoms with Crippen LogP contribution in [0, 0.1) is 16.0 Å². The van der Waals surface area contributed by atoms with E-state index in [1.807, 2.05) is 0 Å². The molecule has 2 N–H and O–H groups in total. The van der Waals surface area contributed by atoms with Crippen LogP contribution in [0.1, 0.15) is 31.4 Å². The molecule has 0 aliphatic carbocycles. The molecule has 1 aliphatic heterocycles. The third-order valence-electron chi connectivity index (χ3n) is 4.12. The van der Waals surface area contributed by atoms with Crippen LogP contribution in [-0.2, 0) is 0 Å². The molecule has 3 atom stereocenters. The Morgan fingerprint density at radius 1 is 1.48 bits per heavy atom. The molecular formula is C15H22N2O4. The van der Waals surface area contributed by atoms with Gasteiger partial charge in [0.15, 0.2) is 0 Å². The van der Waals surface area contributed by atoms with Crippen LogP contribution in [0.4, 0.5) is 5.69 Å². The molecule has 21 heavy (non-hydrogen) atoms. The summed E-state index contributed by atoms with van der Waals surface area (Å²) in [5, 5.41) is 30.7. The fourth-order valence-electron chi connectivity index (χ4n) is 2.85. The minimum absolute atomic E-state index is 0.00736. The molecule has 0 amide bonds. The van der Waals surface area contributed by atoms with Crippen LogP contribution < -0.4 is 0 Å². The first-order chi connectivity index (χ1) is 9.97. The van der Waals surface area contributed by atoms with Crippen LogP contribution >= 0.6 is 0 Å². The van der Waals surface area contributed by atoms with E-state index in [4.69, 9.17) is 0 Å².